The Bertz CT molecular complexity index is 781. The fourth-order valence-electron chi connectivity index (χ4n) is 4.28. The third-order valence-corrected chi connectivity index (χ3v) is 6.91. The number of hydrogen-bond donors (Lipinski definition) is 0. The van der Waals surface area contributed by atoms with Gasteiger partial charge < -0.3 is 9.42 Å². The van der Waals surface area contributed by atoms with E-state index in [4.69, 9.17) is 4.52 Å². The molecule has 3 heterocycles. The second kappa shape index (κ2) is 8.10. The van der Waals surface area contributed by atoms with Crippen LogP contribution in [0.1, 0.15) is 60.3 Å². The van der Waals surface area contributed by atoms with Crippen LogP contribution < -0.4 is 0 Å². The Morgan fingerprint density at radius 1 is 1.22 bits per heavy atom. The summed E-state index contributed by atoms with van der Waals surface area (Å²) < 4.78 is 5.49. The molecule has 0 radical (unpaired) electrons. The molecule has 2 aromatic rings. The number of aromatic nitrogens is 2. The number of aryl methyl sites for hydroxylation is 2. The van der Waals surface area contributed by atoms with Crippen molar-refractivity contribution in [1.29, 1.82) is 0 Å². The van der Waals surface area contributed by atoms with Crippen LogP contribution in [0.3, 0.4) is 0 Å². The van der Waals surface area contributed by atoms with Crippen molar-refractivity contribution >= 4 is 17.2 Å². The van der Waals surface area contributed by atoms with Gasteiger partial charge in [0.1, 0.15) is 6.04 Å². The van der Waals surface area contributed by atoms with E-state index in [0.717, 1.165) is 45.4 Å². The van der Waals surface area contributed by atoms with Gasteiger partial charge in [-0.1, -0.05) is 18.0 Å². The quantitative estimate of drug-likeness (QED) is 0.799. The standard InChI is InChI=1S/C20H28N4O2S/c1-14-8-12-27-18(14)13-23-9-7-17(19-21-15(2)22-26-19)24(11-10-23)20(25)16-5-3-4-6-16/h8,12,16-17H,3-7,9-11,13H2,1-2H3. The molecule has 0 aromatic carbocycles. The first kappa shape index (κ1) is 18.6. The Labute approximate surface area is 164 Å². The molecular formula is C20H28N4O2S. The van der Waals surface area contributed by atoms with E-state index in [2.05, 4.69) is 33.4 Å². The Balaban J connectivity index is 1.53. The van der Waals surface area contributed by atoms with Crippen LogP contribution in [0.15, 0.2) is 16.0 Å². The van der Waals surface area contributed by atoms with Gasteiger partial charge in [0, 0.05) is 37.0 Å². The van der Waals surface area contributed by atoms with Gasteiger partial charge in [0.05, 0.1) is 0 Å². The molecular weight excluding hydrogens is 360 g/mol. The van der Waals surface area contributed by atoms with Gasteiger partial charge in [-0.25, -0.2) is 0 Å². The lowest BCUT2D eigenvalue weighted by Crippen LogP contribution is -2.40. The van der Waals surface area contributed by atoms with Gasteiger partial charge in [-0.05, 0) is 50.1 Å². The van der Waals surface area contributed by atoms with Crippen molar-refractivity contribution in [2.75, 3.05) is 19.6 Å². The van der Waals surface area contributed by atoms with Crippen molar-refractivity contribution in [2.45, 2.75) is 58.5 Å². The van der Waals surface area contributed by atoms with Crippen molar-refractivity contribution in [3.63, 3.8) is 0 Å². The zero-order valence-electron chi connectivity index (χ0n) is 16.2. The zero-order chi connectivity index (χ0) is 18.8. The summed E-state index contributed by atoms with van der Waals surface area (Å²) >= 11 is 1.81. The molecule has 2 aromatic heterocycles. The van der Waals surface area contributed by atoms with Crippen LogP contribution in [0.2, 0.25) is 0 Å². The molecule has 1 saturated carbocycles. The lowest BCUT2D eigenvalue weighted by atomic mass is 10.0. The maximum atomic E-state index is 13.2. The van der Waals surface area contributed by atoms with Crippen LogP contribution >= 0.6 is 11.3 Å². The predicted molar refractivity (Wildman–Crippen MR) is 104 cm³/mol. The van der Waals surface area contributed by atoms with Crippen LogP contribution in [-0.4, -0.2) is 45.5 Å². The average molecular weight is 389 g/mol. The minimum atomic E-state index is -0.103. The minimum absolute atomic E-state index is 0.103. The van der Waals surface area contributed by atoms with Crippen LogP contribution in [0.25, 0.3) is 0 Å². The van der Waals surface area contributed by atoms with Crippen LogP contribution in [0, 0.1) is 19.8 Å². The van der Waals surface area contributed by atoms with E-state index in [1.807, 2.05) is 23.2 Å². The van der Waals surface area contributed by atoms with Gasteiger partial charge in [-0.3, -0.25) is 9.69 Å². The Kier molecular flexibility index (Phi) is 5.59. The van der Waals surface area contributed by atoms with Crippen molar-refractivity contribution < 1.29 is 9.32 Å². The van der Waals surface area contributed by atoms with E-state index < -0.39 is 0 Å². The molecule has 2 aliphatic rings. The number of carbonyl (C=O) groups excluding carboxylic acids is 1. The number of nitrogens with zero attached hydrogens (tertiary/aromatic N) is 4. The monoisotopic (exact) mass is 388 g/mol. The summed E-state index contributed by atoms with van der Waals surface area (Å²) in [7, 11) is 0. The molecule has 27 heavy (non-hydrogen) atoms. The fourth-order valence-corrected chi connectivity index (χ4v) is 5.23. The second-order valence-electron chi connectivity index (χ2n) is 7.80. The van der Waals surface area contributed by atoms with E-state index in [9.17, 15) is 4.79 Å². The van der Waals surface area contributed by atoms with Crippen molar-refractivity contribution in [3.05, 3.63) is 33.6 Å². The van der Waals surface area contributed by atoms with Gasteiger partial charge in [-0.15, -0.1) is 11.3 Å². The van der Waals surface area contributed by atoms with E-state index in [0.29, 0.717) is 11.7 Å². The molecule has 4 rings (SSSR count). The van der Waals surface area contributed by atoms with E-state index in [1.54, 1.807) is 0 Å². The third kappa shape index (κ3) is 4.09. The van der Waals surface area contributed by atoms with Gasteiger partial charge in [0.2, 0.25) is 11.8 Å². The molecule has 1 amide bonds. The highest BCUT2D eigenvalue weighted by molar-refractivity contribution is 7.10. The number of rotatable bonds is 4. The Hall–Kier alpha value is -1.73. The van der Waals surface area contributed by atoms with Gasteiger partial charge in [0.15, 0.2) is 5.82 Å². The molecule has 6 nitrogen and oxygen atoms in total. The first-order valence-corrected chi connectivity index (χ1v) is 10.9. The molecule has 1 aliphatic heterocycles. The first-order valence-electron chi connectivity index (χ1n) is 9.98. The number of carbonyl (C=O) groups is 1. The molecule has 0 N–H and O–H groups in total. The molecule has 1 unspecified atom stereocenters. The average Bonchev–Trinajstić information content (AvgIpc) is 3.38. The summed E-state index contributed by atoms with van der Waals surface area (Å²) in [4.78, 5) is 23.6. The molecule has 0 spiro atoms. The Morgan fingerprint density at radius 3 is 2.70 bits per heavy atom. The lowest BCUT2D eigenvalue weighted by molar-refractivity contribution is -0.138. The summed E-state index contributed by atoms with van der Waals surface area (Å²) in [5.74, 6) is 1.67. The molecule has 1 aliphatic carbocycles. The summed E-state index contributed by atoms with van der Waals surface area (Å²) in [5.41, 5.74) is 1.35. The molecule has 0 bridgehead atoms. The van der Waals surface area contributed by atoms with E-state index in [1.165, 1.54) is 23.3 Å². The normalized spacial score (nSPS) is 22.3. The third-order valence-electron chi connectivity index (χ3n) is 5.90. The van der Waals surface area contributed by atoms with Gasteiger partial charge in [0.25, 0.3) is 0 Å². The molecule has 1 saturated heterocycles. The summed E-state index contributed by atoms with van der Waals surface area (Å²) in [6.45, 7) is 7.50. The topological polar surface area (TPSA) is 62.5 Å². The number of thiophene rings is 1. The minimum Gasteiger partial charge on any atom is -0.337 e. The fraction of sp³-hybridized carbons (Fsp3) is 0.650. The highest BCUT2D eigenvalue weighted by Crippen LogP contribution is 2.33. The lowest BCUT2D eigenvalue weighted by Gasteiger charge is -2.29. The highest BCUT2D eigenvalue weighted by atomic mass is 32.1. The van der Waals surface area contributed by atoms with Gasteiger partial charge in [-0.2, -0.15) is 4.98 Å². The summed E-state index contributed by atoms with van der Waals surface area (Å²) in [5, 5.41) is 6.12. The van der Waals surface area contributed by atoms with Crippen LogP contribution in [0.5, 0.6) is 0 Å². The summed E-state index contributed by atoms with van der Waals surface area (Å²) in [6.07, 6.45) is 5.20. The molecule has 146 valence electrons. The zero-order valence-corrected chi connectivity index (χ0v) is 17.0. The Morgan fingerprint density at radius 2 is 2.04 bits per heavy atom. The SMILES string of the molecule is Cc1noc(C2CCN(Cc3sccc3C)CCN2C(=O)C2CCCC2)n1. The van der Waals surface area contributed by atoms with E-state index in [-0.39, 0.29) is 17.9 Å². The van der Waals surface area contributed by atoms with Gasteiger partial charge >= 0.3 is 0 Å². The smallest absolute Gasteiger partial charge is 0.249 e. The molecule has 1 atom stereocenters. The maximum absolute atomic E-state index is 13.2. The van der Waals surface area contributed by atoms with Crippen LogP contribution in [-0.2, 0) is 11.3 Å². The molecule has 7 heteroatoms. The van der Waals surface area contributed by atoms with E-state index >= 15 is 0 Å². The largest absolute Gasteiger partial charge is 0.337 e. The van der Waals surface area contributed by atoms with Crippen molar-refractivity contribution in [1.82, 2.24) is 19.9 Å². The van der Waals surface area contributed by atoms with Crippen molar-refractivity contribution in [2.24, 2.45) is 5.92 Å². The maximum Gasteiger partial charge on any atom is 0.249 e. The second-order valence-corrected chi connectivity index (χ2v) is 8.80. The number of amides is 1. The van der Waals surface area contributed by atoms with Crippen LogP contribution in [0.4, 0.5) is 0 Å². The predicted octanol–water partition coefficient (Wildman–Crippen LogP) is 3.71. The highest BCUT2D eigenvalue weighted by Gasteiger charge is 2.36. The first-order chi connectivity index (χ1) is 13.1. The molecule has 2 fully saturated rings. The van der Waals surface area contributed by atoms with Crippen molar-refractivity contribution in [3.8, 4) is 0 Å². The number of hydrogen-bond acceptors (Lipinski definition) is 6. The summed E-state index contributed by atoms with van der Waals surface area (Å²) in [6, 6.07) is 2.08.